The molecular formula is C14H28N4. The minimum absolute atomic E-state index is 0.504. The van der Waals surface area contributed by atoms with Crippen LogP contribution in [0.3, 0.4) is 0 Å². The summed E-state index contributed by atoms with van der Waals surface area (Å²) in [6.45, 7) is 7.76. The maximum Gasteiger partial charge on any atom is 0.0565 e. The Morgan fingerprint density at radius 2 is 2.06 bits per heavy atom. The lowest BCUT2D eigenvalue weighted by molar-refractivity contribution is 0.333. The second kappa shape index (κ2) is 8.27. The molecule has 0 aliphatic carbocycles. The molecule has 0 bridgehead atoms. The van der Waals surface area contributed by atoms with Crippen LogP contribution < -0.4 is 5.32 Å². The van der Waals surface area contributed by atoms with Crippen molar-refractivity contribution >= 4 is 0 Å². The smallest absolute Gasteiger partial charge is 0.0565 e. The van der Waals surface area contributed by atoms with Crippen LogP contribution >= 0.6 is 0 Å². The molecule has 0 radical (unpaired) electrons. The van der Waals surface area contributed by atoms with Gasteiger partial charge in [0, 0.05) is 18.4 Å². The minimum Gasteiger partial charge on any atom is -0.312 e. The molecule has 0 amide bonds. The summed E-state index contributed by atoms with van der Waals surface area (Å²) in [4.78, 5) is 2.24. The summed E-state index contributed by atoms with van der Waals surface area (Å²) in [6, 6.07) is 2.48. The fraction of sp³-hybridized carbons (Fsp3) is 0.786. The van der Waals surface area contributed by atoms with Crippen molar-refractivity contribution in [1.29, 1.82) is 0 Å². The van der Waals surface area contributed by atoms with Crippen LogP contribution in [0.5, 0.6) is 0 Å². The Labute approximate surface area is 111 Å². The number of unbranched alkanes of at least 4 members (excludes halogenated alkanes) is 1. The van der Waals surface area contributed by atoms with Gasteiger partial charge in [-0.15, -0.1) is 0 Å². The zero-order valence-electron chi connectivity index (χ0n) is 12.3. The molecule has 1 aromatic rings. The third-order valence-corrected chi connectivity index (χ3v) is 3.19. The number of nitrogens with one attached hydrogen (secondary N) is 1. The highest BCUT2D eigenvalue weighted by molar-refractivity contribution is 4.80. The predicted molar refractivity (Wildman–Crippen MR) is 76.6 cm³/mol. The lowest BCUT2D eigenvalue weighted by Gasteiger charge is -2.22. The van der Waals surface area contributed by atoms with Crippen molar-refractivity contribution in [2.45, 2.75) is 39.3 Å². The maximum atomic E-state index is 4.28. The van der Waals surface area contributed by atoms with E-state index in [1.54, 1.807) is 0 Å². The molecule has 1 aromatic heterocycles. The molecule has 1 unspecified atom stereocenters. The van der Waals surface area contributed by atoms with Gasteiger partial charge in [0.25, 0.3) is 0 Å². The summed E-state index contributed by atoms with van der Waals surface area (Å²) in [5, 5.41) is 7.93. The standard InChI is InChI=1S/C14H28N4/c1-13(2)14(12-18-11-7-9-16-18)15-8-5-6-10-17(3)4/h7,9,11,13-15H,5-6,8,10,12H2,1-4H3. The monoisotopic (exact) mass is 252 g/mol. The molecule has 0 spiro atoms. The molecule has 1 N–H and O–H groups in total. The van der Waals surface area contributed by atoms with Crippen molar-refractivity contribution in [1.82, 2.24) is 20.0 Å². The maximum absolute atomic E-state index is 4.28. The van der Waals surface area contributed by atoms with Gasteiger partial charge in [0.2, 0.25) is 0 Å². The molecule has 104 valence electrons. The van der Waals surface area contributed by atoms with Gasteiger partial charge < -0.3 is 10.2 Å². The van der Waals surface area contributed by atoms with Crippen LogP contribution in [-0.2, 0) is 6.54 Å². The van der Waals surface area contributed by atoms with E-state index in [4.69, 9.17) is 0 Å². The molecule has 0 saturated carbocycles. The first kappa shape index (κ1) is 15.2. The molecule has 0 aliphatic rings. The Bertz CT molecular complexity index is 293. The summed E-state index contributed by atoms with van der Waals surface area (Å²) < 4.78 is 2.01. The van der Waals surface area contributed by atoms with Gasteiger partial charge in [-0.25, -0.2) is 0 Å². The minimum atomic E-state index is 0.504. The van der Waals surface area contributed by atoms with E-state index >= 15 is 0 Å². The second-order valence-corrected chi connectivity index (χ2v) is 5.54. The number of hydrogen-bond donors (Lipinski definition) is 1. The number of aromatic nitrogens is 2. The van der Waals surface area contributed by atoms with Crippen molar-refractivity contribution in [2.75, 3.05) is 27.2 Å². The molecule has 1 heterocycles. The number of rotatable bonds is 9. The fourth-order valence-corrected chi connectivity index (χ4v) is 1.96. The molecule has 18 heavy (non-hydrogen) atoms. The van der Waals surface area contributed by atoms with E-state index in [1.165, 1.54) is 19.4 Å². The Morgan fingerprint density at radius 1 is 1.28 bits per heavy atom. The van der Waals surface area contributed by atoms with Gasteiger partial charge in [-0.1, -0.05) is 13.8 Å². The molecule has 0 saturated heterocycles. The van der Waals surface area contributed by atoms with Crippen LogP contribution in [0.15, 0.2) is 18.5 Å². The van der Waals surface area contributed by atoms with Gasteiger partial charge in [-0.3, -0.25) is 4.68 Å². The number of nitrogens with zero attached hydrogens (tertiary/aromatic N) is 3. The van der Waals surface area contributed by atoms with Crippen molar-refractivity contribution in [3.05, 3.63) is 18.5 Å². The Hall–Kier alpha value is -0.870. The Balaban J connectivity index is 2.22. The summed E-state index contributed by atoms with van der Waals surface area (Å²) in [5.74, 6) is 0.628. The first-order valence-electron chi connectivity index (χ1n) is 6.95. The summed E-state index contributed by atoms with van der Waals surface area (Å²) in [5.41, 5.74) is 0. The first-order chi connectivity index (χ1) is 8.59. The zero-order valence-corrected chi connectivity index (χ0v) is 12.3. The van der Waals surface area contributed by atoms with Crippen molar-refractivity contribution in [2.24, 2.45) is 5.92 Å². The normalized spacial score (nSPS) is 13.4. The zero-order chi connectivity index (χ0) is 13.4. The van der Waals surface area contributed by atoms with E-state index in [0.29, 0.717) is 12.0 Å². The van der Waals surface area contributed by atoms with Gasteiger partial charge >= 0.3 is 0 Å². The molecule has 4 heteroatoms. The van der Waals surface area contributed by atoms with Crippen LogP contribution in [0, 0.1) is 5.92 Å². The van der Waals surface area contributed by atoms with E-state index in [2.05, 4.69) is 43.3 Å². The molecule has 1 rings (SSSR count). The Kier molecular flexibility index (Phi) is 6.98. The average Bonchev–Trinajstić information content (AvgIpc) is 2.79. The van der Waals surface area contributed by atoms with E-state index in [9.17, 15) is 0 Å². The summed E-state index contributed by atoms with van der Waals surface area (Å²) in [7, 11) is 4.25. The van der Waals surface area contributed by atoms with Gasteiger partial charge in [0.15, 0.2) is 0 Å². The molecular weight excluding hydrogens is 224 g/mol. The van der Waals surface area contributed by atoms with Gasteiger partial charge in [-0.05, 0) is 52.0 Å². The highest BCUT2D eigenvalue weighted by atomic mass is 15.3. The van der Waals surface area contributed by atoms with Gasteiger partial charge in [0.05, 0.1) is 6.54 Å². The highest BCUT2D eigenvalue weighted by Gasteiger charge is 2.13. The fourth-order valence-electron chi connectivity index (χ4n) is 1.96. The van der Waals surface area contributed by atoms with Gasteiger partial charge in [0.1, 0.15) is 0 Å². The van der Waals surface area contributed by atoms with Crippen LogP contribution in [0.2, 0.25) is 0 Å². The quantitative estimate of drug-likeness (QED) is 0.681. The highest BCUT2D eigenvalue weighted by Crippen LogP contribution is 2.05. The van der Waals surface area contributed by atoms with Crippen LogP contribution in [0.1, 0.15) is 26.7 Å². The summed E-state index contributed by atoms with van der Waals surface area (Å²) in [6.07, 6.45) is 6.37. The van der Waals surface area contributed by atoms with Crippen molar-refractivity contribution in [3.63, 3.8) is 0 Å². The van der Waals surface area contributed by atoms with Gasteiger partial charge in [-0.2, -0.15) is 5.10 Å². The summed E-state index contributed by atoms with van der Waals surface area (Å²) >= 11 is 0. The molecule has 0 aliphatic heterocycles. The van der Waals surface area contributed by atoms with Crippen LogP contribution in [-0.4, -0.2) is 47.9 Å². The van der Waals surface area contributed by atoms with E-state index in [1.807, 2.05) is 23.1 Å². The van der Waals surface area contributed by atoms with E-state index < -0.39 is 0 Å². The third-order valence-electron chi connectivity index (χ3n) is 3.19. The van der Waals surface area contributed by atoms with Crippen LogP contribution in [0.25, 0.3) is 0 Å². The lowest BCUT2D eigenvalue weighted by atomic mass is 10.0. The molecule has 0 aromatic carbocycles. The lowest BCUT2D eigenvalue weighted by Crippen LogP contribution is -2.38. The van der Waals surface area contributed by atoms with Crippen molar-refractivity contribution < 1.29 is 0 Å². The first-order valence-corrected chi connectivity index (χ1v) is 6.95. The average molecular weight is 252 g/mol. The predicted octanol–water partition coefficient (Wildman–Crippen LogP) is 1.84. The van der Waals surface area contributed by atoms with Crippen LogP contribution in [0.4, 0.5) is 0 Å². The number of hydrogen-bond acceptors (Lipinski definition) is 3. The largest absolute Gasteiger partial charge is 0.312 e. The second-order valence-electron chi connectivity index (χ2n) is 5.54. The van der Waals surface area contributed by atoms with E-state index in [0.717, 1.165) is 13.1 Å². The SMILES string of the molecule is CC(C)C(Cn1cccn1)NCCCCN(C)C. The molecule has 0 fully saturated rings. The molecule has 1 atom stereocenters. The molecule has 4 nitrogen and oxygen atoms in total. The third kappa shape index (κ3) is 6.17. The Morgan fingerprint density at radius 3 is 2.61 bits per heavy atom. The van der Waals surface area contributed by atoms with E-state index in [-0.39, 0.29) is 0 Å². The van der Waals surface area contributed by atoms with Crippen molar-refractivity contribution in [3.8, 4) is 0 Å². The topological polar surface area (TPSA) is 33.1 Å².